The fourth-order valence-electron chi connectivity index (χ4n) is 4.70. The number of para-hydroxylation sites is 1. The summed E-state index contributed by atoms with van der Waals surface area (Å²) >= 11 is 0. The number of benzene rings is 3. The Morgan fingerprint density at radius 2 is 1.79 bits per heavy atom. The minimum Gasteiger partial charge on any atom is -0.344 e. The molecule has 204 valence electrons. The maximum absolute atomic E-state index is 14.1. The van der Waals surface area contributed by atoms with Crippen molar-refractivity contribution in [3.63, 3.8) is 0 Å². The molecule has 8 nitrogen and oxygen atoms in total. The van der Waals surface area contributed by atoms with Crippen LogP contribution in [0.5, 0.6) is 0 Å². The Bertz CT molecular complexity index is 1370. The molecule has 9 heteroatoms. The first-order valence-electron chi connectivity index (χ1n) is 12.9. The number of hydrogen-bond donors (Lipinski definition) is 4. The minimum atomic E-state index is -0.753. The second-order valence-corrected chi connectivity index (χ2v) is 10.5. The maximum atomic E-state index is 14.1. The molecular weight excluding hydrogens is 497 g/mol. The first-order chi connectivity index (χ1) is 18.5. The van der Waals surface area contributed by atoms with Gasteiger partial charge in [-0.1, -0.05) is 42.5 Å². The summed E-state index contributed by atoms with van der Waals surface area (Å²) in [5.41, 5.74) is 9.90. The van der Waals surface area contributed by atoms with Gasteiger partial charge < -0.3 is 26.6 Å². The summed E-state index contributed by atoms with van der Waals surface area (Å²) in [5.74, 6) is -0.930. The number of carbonyl (C=O) groups excluding carboxylic acids is 3. The van der Waals surface area contributed by atoms with Crippen LogP contribution < -0.4 is 26.6 Å². The Kier molecular flexibility index (Phi) is 8.30. The Balaban J connectivity index is 1.60. The van der Waals surface area contributed by atoms with Crippen LogP contribution in [-0.2, 0) is 22.6 Å². The van der Waals surface area contributed by atoms with E-state index in [0.717, 1.165) is 16.7 Å². The van der Waals surface area contributed by atoms with Crippen LogP contribution in [0, 0.1) is 5.82 Å². The number of urea groups is 1. The van der Waals surface area contributed by atoms with Crippen molar-refractivity contribution in [3.05, 3.63) is 83.7 Å². The molecule has 0 unspecified atom stereocenters. The fourth-order valence-corrected chi connectivity index (χ4v) is 4.70. The SMILES string of the molecule is CNC(=O)Nc1ccccc1-c1ccc(CN2C(=O)[C@H](NC(=O)CC(C)(C)N)CCc3cc(F)ccc32)cc1. The zero-order valence-electron chi connectivity index (χ0n) is 22.4. The number of amides is 4. The Labute approximate surface area is 227 Å². The number of carbonyl (C=O) groups is 3. The van der Waals surface area contributed by atoms with Gasteiger partial charge in [-0.2, -0.15) is 0 Å². The van der Waals surface area contributed by atoms with Crippen LogP contribution in [0.3, 0.4) is 0 Å². The van der Waals surface area contributed by atoms with Crippen LogP contribution in [0.25, 0.3) is 11.1 Å². The van der Waals surface area contributed by atoms with Gasteiger partial charge in [0.15, 0.2) is 0 Å². The van der Waals surface area contributed by atoms with Gasteiger partial charge in [-0.05, 0) is 67.6 Å². The molecule has 0 aliphatic carbocycles. The van der Waals surface area contributed by atoms with Crippen molar-refractivity contribution < 1.29 is 18.8 Å². The third kappa shape index (κ3) is 7.00. The molecule has 39 heavy (non-hydrogen) atoms. The molecule has 0 spiro atoms. The lowest BCUT2D eigenvalue weighted by atomic mass is 10.0. The van der Waals surface area contributed by atoms with E-state index in [4.69, 9.17) is 5.73 Å². The van der Waals surface area contributed by atoms with Crippen LogP contribution in [0.15, 0.2) is 66.7 Å². The Morgan fingerprint density at radius 1 is 1.08 bits per heavy atom. The van der Waals surface area contributed by atoms with Crippen molar-refractivity contribution in [3.8, 4) is 11.1 Å². The number of fused-ring (bicyclic) bond motifs is 1. The van der Waals surface area contributed by atoms with Crippen molar-refractivity contribution >= 4 is 29.2 Å². The van der Waals surface area contributed by atoms with E-state index >= 15 is 0 Å². The number of nitrogens with two attached hydrogens (primary N) is 1. The molecule has 3 aromatic rings. The lowest BCUT2D eigenvalue weighted by molar-refractivity contribution is -0.128. The molecule has 5 N–H and O–H groups in total. The quantitative estimate of drug-likeness (QED) is 0.363. The number of nitrogens with one attached hydrogen (secondary N) is 3. The third-order valence-electron chi connectivity index (χ3n) is 6.56. The van der Waals surface area contributed by atoms with Gasteiger partial charge in [0.1, 0.15) is 11.9 Å². The summed E-state index contributed by atoms with van der Waals surface area (Å²) in [4.78, 5) is 39.8. The Morgan fingerprint density at radius 3 is 2.49 bits per heavy atom. The van der Waals surface area contributed by atoms with E-state index in [0.29, 0.717) is 29.8 Å². The van der Waals surface area contributed by atoms with Crippen molar-refractivity contribution in [2.24, 2.45) is 5.73 Å². The summed E-state index contributed by atoms with van der Waals surface area (Å²) in [6.07, 6.45) is 0.882. The first-order valence-corrected chi connectivity index (χ1v) is 12.9. The summed E-state index contributed by atoms with van der Waals surface area (Å²) in [6, 6.07) is 18.5. The van der Waals surface area contributed by atoms with Crippen LogP contribution in [-0.4, -0.2) is 36.5 Å². The lowest BCUT2D eigenvalue weighted by Gasteiger charge is -2.27. The van der Waals surface area contributed by atoms with Crippen molar-refractivity contribution in [2.75, 3.05) is 17.3 Å². The molecule has 1 heterocycles. The van der Waals surface area contributed by atoms with Crippen LogP contribution in [0.4, 0.5) is 20.6 Å². The summed E-state index contributed by atoms with van der Waals surface area (Å²) < 4.78 is 14.1. The van der Waals surface area contributed by atoms with E-state index in [1.807, 2.05) is 48.5 Å². The van der Waals surface area contributed by atoms with E-state index < -0.39 is 11.6 Å². The number of halogens is 1. The first kappa shape index (κ1) is 27.8. The molecule has 1 aliphatic rings. The highest BCUT2D eigenvalue weighted by Crippen LogP contribution is 2.31. The number of nitrogens with zero attached hydrogens (tertiary/aromatic N) is 1. The lowest BCUT2D eigenvalue weighted by Crippen LogP contribution is -2.49. The summed E-state index contributed by atoms with van der Waals surface area (Å²) in [7, 11) is 1.55. The van der Waals surface area contributed by atoms with E-state index in [1.54, 1.807) is 31.9 Å². The van der Waals surface area contributed by atoms with Gasteiger partial charge in [-0.3, -0.25) is 9.59 Å². The number of anilines is 2. The van der Waals surface area contributed by atoms with Gasteiger partial charge in [-0.25, -0.2) is 9.18 Å². The minimum absolute atomic E-state index is 0.0794. The van der Waals surface area contributed by atoms with Gasteiger partial charge in [0, 0.05) is 30.3 Å². The molecule has 0 aromatic heterocycles. The topological polar surface area (TPSA) is 117 Å². The Hall–Kier alpha value is -4.24. The molecular formula is C30H34FN5O3. The van der Waals surface area contributed by atoms with E-state index in [9.17, 15) is 18.8 Å². The molecule has 0 saturated carbocycles. The van der Waals surface area contributed by atoms with E-state index in [1.165, 1.54) is 12.1 Å². The number of rotatable bonds is 7. The van der Waals surface area contributed by atoms with Gasteiger partial charge in [0.25, 0.3) is 0 Å². The normalized spacial score (nSPS) is 15.3. The second kappa shape index (κ2) is 11.7. The molecule has 3 aromatic carbocycles. The van der Waals surface area contributed by atoms with E-state index in [-0.39, 0.29) is 36.6 Å². The predicted octanol–water partition coefficient (Wildman–Crippen LogP) is 4.34. The summed E-state index contributed by atoms with van der Waals surface area (Å²) in [6.45, 7) is 3.75. The zero-order valence-corrected chi connectivity index (χ0v) is 22.4. The van der Waals surface area contributed by atoms with Gasteiger partial charge in [-0.15, -0.1) is 0 Å². The number of aryl methyl sites for hydroxylation is 1. The number of hydrogen-bond acceptors (Lipinski definition) is 4. The van der Waals surface area contributed by atoms with Gasteiger partial charge >= 0.3 is 6.03 Å². The highest BCUT2D eigenvalue weighted by Gasteiger charge is 2.32. The predicted molar refractivity (Wildman–Crippen MR) is 151 cm³/mol. The monoisotopic (exact) mass is 531 g/mol. The molecule has 0 radical (unpaired) electrons. The molecule has 4 rings (SSSR count). The van der Waals surface area contributed by atoms with Crippen molar-refractivity contribution in [1.82, 2.24) is 10.6 Å². The molecule has 0 fully saturated rings. The standard InChI is InChI=1S/C30H34FN5O3/c1-30(2,32)17-27(37)34-25-14-12-21-16-22(31)13-15-26(21)36(28(25)38)18-19-8-10-20(11-9-19)23-6-4-5-7-24(23)35-29(39)33-3/h4-11,13,15-16,25H,12,14,17-18,32H2,1-3H3,(H,34,37)(H2,33,35,39)/t25-/m1/s1. The van der Waals surface area contributed by atoms with E-state index in [2.05, 4.69) is 16.0 Å². The van der Waals surface area contributed by atoms with Crippen LogP contribution in [0.1, 0.15) is 37.8 Å². The summed E-state index contributed by atoms with van der Waals surface area (Å²) in [5, 5.41) is 8.22. The van der Waals surface area contributed by atoms with Crippen molar-refractivity contribution in [1.29, 1.82) is 0 Å². The largest absolute Gasteiger partial charge is 0.344 e. The second-order valence-electron chi connectivity index (χ2n) is 10.5. The van der Waals surface area contributed by atoms with Gasteiger partial charge in [0.2, 0.25) is 11.8 Å². The average molecular weight is 532 g/mol. The third-order valence-corrected chi connectivity index (χ3v) is 6.56. The smallest absolute Gasteiger partial charge is 0.318 e. The average Bonchev–Trinajstić information content (AvgIpc) is 3.00. The highest BCUT2D eigenvalue weighted by atomic mass is 19.1. The molecule has 0 bridgehead atoms. The molecule has 4 amide bonds. The molecule has 1 aliphatic heterocycles. The highest BCUT2D eigenvalue weighted by molar-refractivity contribution is 6.00. The van der Waals surface area contributed by atoms with Gasteiger partial charge in [0.05, 0.1) is 12.2 Å². The zero-order chi connectivity index (χ0) is 28.2. The van der Waals surface area contributed by atoms with Crippen LogP contribution in [0.2, 0.25) is 0 Å². The molecule has 0 saturated heterocycles. The van der Waals surface area contributed by atoms with Crippen molar-refractivity contribution in [2.45, 2.75) is 51.2 Å². The fraction of sp³-hybridized carbons (Fsp3) is 0.300. The molecule has 1 atom stereocenters. The van der Waals surface area contributed by atoms with Crippen LogP contribution >= 0.6 is 0 Å². The maximum Gasteiger partial charge on any atom is 0.318 e.